The van der Waals surface area contributed by atoms with Crippen molar-refractivity contribution in [2.45, 2.75) is 0 Å². The maximum atomic E-state index is 12.8. The molecule has 1 aromatic carbocycles. The van der Waals surface area contributed by atoms with Gasteiger partial charge in [-0.15, -0.1) is 0 Å². The van der Waals surface area contributed by atoms with Gasteiger partial charge in [-0.2, -0.15) is 0 Å². The van der Waals surface area contributed by atoms with Crippen LogP contribution >= 0.6 is 11.6 Å². The summed E-state index contributed by atoms with van der Waals surface area (Å²) in [5, 5.41) is 2.25. The standard InChI is InChI=1S/C13H9ClFN3O3/c1-21-13(20)9-6-16-11(10(14)17-9)18-12(19)7-2-4-8(15)5-3-7/h2-6H,1H3,(H,16,18,19). The van der Waals surface area contributed by atoms with Crippen LogP contribution in [0.3, 0.4) is 0 Å². The zero-order chi connectivity index (χ0) is 15.4. The molecule has 0 aliphatic rings. The number of carbonyl (C=O) groups excluding carboxylic acids is 2. The Kier molecular flexibility index (Phi) is 4.44. The fourth-order valence-electron chi connectivity index (χ4n) is 1.43. The van der Waals surface area contributed by atoms with E-state index in [4.69, 9.17) is 11.6 Å². The molecule has 0 atom stereocenters. The van der Waals surface area contributed by atoms with Crippen molar-refractivity contribution in [1.82, 2.24) is 9.97 Å². The van der Waals surface area contributed by atoms with E-state index in [1.54, 1.807) is 0 Å². The van der Waals surface area contributed by atoms with Gasteiger partial charge in [0.05, 0.1) is 13.3 Å². The first-order chi connectivity index (χ1) is 10.0. The van der Waals surface area contributed by atoms with Gasteiger partial charge >= 0.3 is 5.97 Å². The van der Waals surface area contributed by atoms with Crippen LogP contribution in [0.25, 0.3) is 0 Å². The fourth-order valence-corrected chi connectivity index (χ4v) is 1.62. The molecule has 1 aromatic heterocycles. The lowest BCUT2D eigenvalue weighted by Gasteiger charge is -2.06. The lowest BCUT2D eigenvalue weighted by molar-refractivity contribution is 0.0593. The summed E-state index contributed by atoms with van der Waals surface area (Å²) in [6.07, 6.45) is 1.12. The number of nitrogens with one attached hydrogen (secondary N) is 1. The molecule has 1 amide bonds. The van der Waals surface area contributed by atoms with E-state index in [0.717, 1.165) is 18.3 Å². The zero-order valence-corrected chi connectivity index (χ0v) is 11.5. The summed E-state index contributed by atoms with van der Waals surface area (Å²) in [5.41, 5.74) is 0.147. The Balaban J connectivity index is 2.18. The smallest absolute Gasteiger partial charge is 0.358 e. The van der Waals surface area contributed by atoms with Gasteiger partial charge in [0.15, 0.2) is 16.7 Å². The highest BCUT2D eigenvalue weighted by Gasteiger charge is 2.14. The average Bonchev–Trinajstić information content (AvgIpc) is 2.49. The first-order valence-corrected chi connectivity index (χ1v) is 6.07. The van der Waals surface area contributed by atoms with Crippen molar-refractivity contribution < 1.29 is 18.7 Å². The second kappa shape index (κ2) is 6.27. The van der Waals surface area contributed by atoms with Crippen molar-refractivity contribution in [2.75, 3.05) is 12.4 Å². The molecule has 0 aliphatic carbocycles. The molecule has 108 valence electrons. The van der Waals surface area contributed by atoms with Crippen molar-refractivity contribution in [3.8, 4) is 0 Å². The average molecular weight is 310 g/mol. The molecule has 0 unspecified atom stereocenters. The summed E-state index contributed by atoms with van der Waals surface area (Å²) in [6, 6.07) is 4.94. The number of anilines is 1. The highest BCUT2D eigenvalue weighted by Crippen LogP contribution is 2.17. The minimum absolute atomic E-state index is 0.0151. The van der Waals surface area contributed by atoms with Gasteiger partial charge in [0, 0.05) is 5.56 Å². The molecule has 2 rings (SSSR count). The molecule has 0 fully saturated rings. The van der Waals surface area contributed by atoms with Crippen LogP contribution in [0.15, 0.2) is 30.5 Å². The van der Waals surface area contributed by atoms with Crippen LogP contribution in [-0.2, 0) is 4.74 Å². The van der Waals surface area contributed by atoms with Gasteiger partial charge in [-0.25, -0.2) is 19.2 Å². The molecule has 6 nitrogen and oxygen atoms in total. The third-order valence-corrected chi connectivity index (χ3v) is 2.73. The maximum absolute atomic E-state index is 12.8. The molecule has 1 heterocycles. The van der Waals surface area contributed by atoms with Gasteiger partial charge < -0.3 is 10.1 Å². The summed E-state index contributed by atoms with van der Waals surface area (Å²) >= 11 is 5.83. The number of benzene rings is 1. The Hall–Kier alpha value is -2.54. The topological polar surface area (TPSA) is 81.2 Å². The Morgan fingerprint density at radius 1 is 1.29 bits per heavy atom. The van der Waals surface area contributed by atoms with Crippen LogP contribution in [0.2, 0.25) is 5.15 Å². The van der Waals surface area contributed by atoms with Crippen LogP contribution < -0.4 is 5.32 Å². The number of aromatic nitrogens is 2. The zero-order valence-electron chi connectivity index (χ0n) is 10.8. The molecule has 0 spiro atoms. The van der Waals surface area contributed by atoms with Crippen molar-refractivity contribution >= 4 is 29.3 Å². The van der Waals surface area contributed by atoms with E-state index in [2.05, 4.69) is 20.0 Å². The van der Waals surface area contributed by atoms with Gasteiger partial charge in [-0.3, -0.25) is 4.79 Å². The van der Waals surface area contributed by atoms with Gasteiger partial charge in [-0.1, -0.05) is 11.6 Å². The molecular weight excluding hydrogens is 301 g/mol. The third-order valence-electron chi connectivity index (χ3n) is 2.46. The minimum Gasteiger partial charge on any atom is -0.464 e. The number of nitrogens with zero attached hydrogens (tertiary/aromatic N) is 2. The third kappa shape index (κ3) is 3.51. The Morgan fingerprint density at radius 3 is 2.52 bits per heavy atom. The monoisotopic (exact) mass is 309 g/mol. The first kappa shape index (κ1) is 14.9. The van der Waals surface area contributed by atoms with Crippen LogP contribution in [0.1, 0.15) is 20.8 Å². The summed E-state index contributed by atoms with van der Waals surface area (Å²) in [4.78, 5) is 30.7. The fraction of sp³-hybridized carbons (Fsp3) is 0.0769. The summed E-state index contributed by atoms with van der Waals surface area (Å²) in [5.74, 6) is -1.69. The van der Waals surface area contributed by atoms with Crippen LogP contribution in [-0.4, -0.2) is 29.0 Å². The number of hydrogen-bond acceptors (Lipinski definition) is 5. The molecule has 0 saturated heterocycles. The van der Waals surface area contributed by atoms with Crippen LogP contribution in [0.4, 0.5) is 10.2 Å². The molecule has 21 heavy (non-hydrogen) atoms. The summed E-state index contributed by atoms with van der Waals surface area (Å²) in [6.45, 7) is 0. The van der Waals surface area contributed by atoms with Crippen LogP contribution in [0, 0.1) is 5.82 Å². The van der Waals surface area contributed by atoms with Crippen molar-refractivity contribution in [2.24, 2.45) is 0 Å². The number of hydrogen-bond donors (Lipinski definition) is 1. The summed E-state index contributed by atoms with van der Waals surface area (Å²) in [7, 11) is 1.20. The number of rotatable bonds is 3. The molecule has 0 bridgehead atoms. The molecule has 1 N–H and O–H groups in total. The van der Waals surface area contributed by atoms with E-state index >= 15 is 0 Å². The number of ether oxygens (including phenoxy) is 1. The molecule has 0 saturated carbocycles. The number of esters is 1. The molecule has 0 radical (unpaired) electrons. The number of carbonyl (C=O) groups is 2. The SMILES string of the molecule is COC(=O)c1cnc(NC(=O)c2ccc(F)cc2)c(Cl)n1. The largest absolute Gasteiger partial charge is 0.464 e. The second-order valence-electron chi connectivity index (χ2n) is 3.85. The van der Waals surface area contributed by atoms with E-state index in [0.29, 0.717) is 0 Å². The van der Waals surface area contributed by atoms with Gasteiger partial charge in [0.1, 0.15) is 5.82 Å². The molecule has 8 heteroatoms. The number of methoxy groups -OCH3 is 1. The Bertz CT molecular complexity index is 692. The normalized spacial score (nSPS) is 10.0. The quantitative estimate of drug-likeness (QED) is 0.880. The molecule has 2 aromatic rings. The highest BCUT2D eigenvalue weighted by atomic mass is 35.5. The Labute approximate surface area is 123 Å². The lowest BCUT2D eigenvalue weighted by atomic mass is 10.2. The second-order valence-corrected chi connectivity index (χ2v) is 4.21. The summed E-state index contributed by atoms with van der Waals surface area (Å²) < 4.78 is 17.2. The predicted octanol–water partition coefficient (Wildman–Crippen LogP) is 2.31. The first-order valence-electron chi connectivity index (χ1n) is 5.69. The van der Waals surface area contributed by atoms with E-state index in [1.807, 2.05) is 0 Å². The lowest BCUT2D eigenvalue weighted by Crippen LogP contribution is -2.15. The van der Waals surface area contributed by atoms with Gasteiger partial charge in [-0.05, 0) is 24.3 Å². The van der Waals surface area contributed by atoms with Crippen LogP contribution in [0.5, 0.6) is 0 Å². The van der Waals surface area contributed by atoms with Crippen molar-refractivity contribution in [3.05, 3.63) is 52.7 Å². The number of halogens is 2. The van der Waals surface area contributed by atoms with Crippen molar-refractivity contribution in [1.29, 1.82) is 0 Å². The van der Waals surface area contributed by atoms with Gasteiger partial charge in [0.2, 0.25) is 0 Å². The van der Waals surface area contributed by atoms with E-state index < -0.39 is 17.7 Å². The van der Waals surface area contributed by atoms with Crippen molar-refractivity contribution in [3.63, 3.8) is 0 Å². The molecule has 0 aliphatic heterocycles. The predicted molar refractivity (Wildman–Crippen MR) is 72.7 cm³/mol. The van der Waals surface area contributed by atoms with E-state index in [-0.39, 0.29) is 22.2 Å². The molecular formula is C13H9ClFN3O3. The van der Waals surface area contributed by atoms with E-state index in [1.165, 1.54) is 19.2 Å². The van der Waals surface area contributed by atoms with Gasteiger partial charge in [0.25, 0.3) is 5.91 Å². The maximum Gasteiger partial charge on any atom is 0.358 e. The van der Waals surface area contributed by atoms with E-state index in [9.17, 15) is 14.0 Å². The highest BCUT2D eigenvalue weighted by molar-refractivity contribution is 6.32. The minimum atomic E-state index is -0.694. The Morgan fingerprint density at radius 2 is 1.95 bits per heavy atom. The number of amides is 1.